The van der Waals surface area contributed by atoms with Crippen LogP contribution in [0.3, 0.4) is 0 Å². The van der Waals surface area contributed by atoms with Gasteiger partial charge in [-0.2, -0.15) is 0 Å². The zero-order valence-corrected chi connectivity index (χ0v) is 24.6. The zero-order valence-electron chi connectivity index (χ0n) is 23.8. The fourth-order valence-corrected chi connectivity index (χ4v) is 8.25. The van der Waals surface area contributed by atoms with Crippen LogP contribution in [-0.2, 0) is 0 Å². The number of hydrogen-bond donors (Lipinski definition) is 0. The quantitative estimate of drug-likeness (QED) is 0.207. The predicted octanol–water partition coefficient (Wildman–Crippen LogP) is 11.3. The maximum Gasteiger partial charge on any atom is 0.138 e. The van der Waals surface area contributed by atoms with Gasteiger partial charge < -0.3 is 0 Å². The molecule has 43 heavy (non-hydrogen) atoms. The number of aromatic nitrogens is 2. The molecule has 0 bridgehead atoms. The molecule has 0 fully saturated rings. The van der Waals surface area contributed by atoms with Gasteiger partial charge in [-0.25, -0.2) is 4.98 Å². The van der Waals surface area contributed by atoms with Crippen molar-refractivity contribution in [3.05, 3.63) is 139 Å². The smallest absolute Gasteiger partial charge is 0.138 e. The van der Waals surface area contributed by atoms with E-state index in [1.165, 1.54) is 69.5 Å². The maximum atomic E-state index is 5.47. The van der Waals surface area contributed by atoms with Crippen LogP contribution < -0.4 is 0 Å². The number of thiophene rings is 1. The molecule has 0 aliphatic heterocycles. The lowest BCUT2D eigenvalue weighted by atomic mass is 9.92. The highest BCUT2D eigenvalue weighted by atomic mass is 32.1. The van der Waals surface area contributed by atoms with Gasteiger partial charge in [0, 0.05) is 26.2 Å². The summed E-state index contributed by atoms with van der Waals surface area (Å²) in [7, 11) is 0. The monoisotopic (exact) mass is 568 g/mol. The molecule has 2 nitrogen and oxygen atoms in total. The summed E-state index contributed by atoms with van der Waals surface area (Å²) in [6.45, 7) is 2.28. The van der Waals surface area contributed by atoms with E-state index in [1.54, 1.807) is 0 Å². The summed E-state index contributed by atoms with van der Waals surface area (Å²) < 4.78 is 5.06. The van der Waals surface area contributed by atoms with E-state index in [0.29, 0.717) is 5.92 Å². The Labute approximate surface area is 253 Å². The van der Waals surface area contributed by atoms with E-state index in [2.05, 4.69) is 145 Å². The first-order valence-electron chi connectivity index (χ1n) is 15.0. The second-order valence-electron chi connectivity index (χ2n) is 11.6. The molecule has 3 heteroatoms. The second kappa shape index (κ2) is 9.52. The summed E-state index contributed by atoms with van der Waals surface area (Å²) in [5.41, 5.74) is 7.14. The lowest BCUT2D eigenvalue weighted by molar-refractivity contribution is 0.746. The summed E-state index contributed by atoms with van der Waals surface area (Å²) in [5.74, 6) is 1.45. The fraction of sp³-hybridized carbons (Fsp3) is 0.0750. The molecule has 1 aliphatic carbocycles. The summed E-state index contributed by atoms with van der Waals surface area (Å²) >= 11 is 1.89. The van der Waals surface area contributed by atoms with Crippen molar-refractivity contribution in [1.82, 2.24) is 9.55 Å². The van der Waals surface area contributed by atoms with Gasteiger partial charge >= 0.3 is 0 Å². The SMILES string of the molecule is CC1C=CC=C(c2cc(-c3ccccc3)cc(-n3c4ccccc4c4c5ccccc5c5c6ccccc6sc5c43)n2)C1. The maximum absolute atomic E-state index is 5.47. The van der Waals surface area contributed by atoms with Gasteiger partial charge in [-0.15, -0.1) is 11.3 Å². The molecule has 8 aromatic rings. The van der Waals surface area contributed by atoms with Crippen molar-refractivity contribution in [2.45, 2.75) is 13.3 Å². The Morgan fingerprint density at radius 3 is 2.21 bits per heavy atom. The molecule has 0 amide bonds. The van der Waals surface area contributed by atoms with Crippen LogP contribution in [0.2, 0.25) is 0 Å². The van der Waals surface area contributed by atoms with Crippen LogP contribution in [0, 0.1) is 5.92 Å². The highest BCUT2D eigenvalue weighted by Crippen LogP contribution is 2.47. The lowest BCUT2D eigenvalue weighted by Gasteiger charge is -2.17. The van der Waals surface area contributed by atoms with Gasteiger partial charge in [-0.3, -0.25) is 4.57 Å². The van der Waals surface area contributed by atoms with Gasteiger partial charge in [-0.1, -0.05) is 116 Å². The van der Waals surface area contributed by atoms with Crippen LogP contribution in [0.1, 0.15) is 19.0 Å². The van der Waals surface area contributed by atoms with Gasteiger partial charge in [-0.05, 0) is 64.1 Å². The first-order valence-corrected chi connectivity index (χ1v) is 15.8. The Morgan fingerprint density at radius 1 is 0.698 bits per heavy atom. The minimum atomic E-state index is 0.489. The second-order valence-corrected chi connectivity index (χ2v) is 12.7. The van der Waals surface area contributed by atoms with Crippen molar-refractivity contribution in [1.29, 1.82) is 0 Å². The van der Waals surface area contributed by atoms with Crippen molar-refractivity contribution in [2.24, 2.45) is 5.92 Å². The van der Waals surface area contributed by atoms with Crippen LogP contribution in [0.4, 0.5) is 0 Å². The molecule has 0 radical (unpaired) electrons. The minimum absolute atomic E-state index is 0.489. The van der Waals surface area contributed by atoms with E-state index in [4.69, 9.17) is 4.98 Å². The number of nitrogens with zero attached hydrogens (tertiary/aromatic N) is 2. The Balaban J connectivity index is 1.47. The largest absolute Gasteiger partial charge is 0.292 e. The van der Waals surface area contributed by atoms with Crippen molar-refractivity contribution < 1.29 is 0 Å². The molecule has 3 aromatic heterocycles. The van der Waals surface area contributed by atoms with Crippen molar-refractivity contribution in [2.75, 3.05) is 0 Å². The average molecular weight is 569 g/mol. The Bertz CT molecular complexity index is 2440. The Morgan fingerprint density at radius 2 is 1.40 bits per heavy atom. The lowest BCUT2D eigenvalue weighted by Crippen LogP contribution is -2.04. The van der Waals surface area contributed by atoms with Crippen LogP contribution in [-0.4, -0.2) is 9.55 Å². The van der Waals surface area contributed by atoms with Gasteiger partial charge in [0.1, 0.15) is 5.82 Å². The van der Waals surface area contributed by atoms with E-state index in [1.807, 2.05) is 11.3 Å². The van der Waals surface area contributed by atoms with Crippen molar-refractivity contribution in [3.8, 4) is 16.9 Å². The van der Waals surface area contributed by atoms with Crippen LogP contribution in [0.5, 0.6) is 0 Å². The molecule has 1 atom stereocenters. The molecule has 0 N–H and O–H groups in total. The van der Waals surface area contributed by atoms with E-state index < -0.39 is 0 Å². The molecular formula is C40H28N2S. The van der Waals surface area contributed by atoms with E-state index in [-0.39, 0.29) is 0 Å². The molecule has 3 heterocycles. The number of rotatable bonds is 3. The first-order chi connectivity index (χ1) is 21.2. The number of allylic oxidation sites excluding steroid dienone is 4. The van der Waals surface area contributed by atoms with Gasteiger partial charge in [0.05, 0.1) is 21.4 Å². The molecule has 0 saturated carbocycles. The standard InChI is InChI=1S/C40H28N2S/c1-25-12-11-15-27(22-25)33-23-28(26-13-3-2-4-14-26)24-36(41-33)42-34-20-9-7-18-31(34)37-29-16-5-6-17-30(29)38-32-19-8-10-21-35(32)43-40(38)39(37)42/h2-21,23-25H,22H2,1H3. The molecule has 204 valence electrons. The summed E-state index contributed by atoms with van der Waals surface area (Å²) in [5, 5.41) is 7.81. The highest BCUT2D eigenvalue weighted by Gasteiger charge is 2.23. The van der Waals surface area contributed by atoms with Gasteiger partial charge in [0.15, 0.2) is 0 Å². The number of pyridine rings is 1. The molecule has 1 aliphatic rings. The van der Waals surface area contributed by atoms with E-state index >= 15 is 0 Å². The van der Waals surface area contributed by atoms with Crippen LogP contribution in [0.25, 0.3) is 75.3 Å². The zero-order chi connectivity index (χ0) is 28.5. The minimum Gasteiger partial charge on any atom is -0.292 e. The number of para-hydroxylation sites is 1. The summed E-state index contributed by atoms with van der Waals surface area (Å²) in [6, 6.07) is 41.9. The van der Waals surface area contributed by atoms with E-state index in [9.17, 15) is 0 Å². The molecule has 0 spiro atoms. The van der Waals surface area contributed by atoms with Crippen LogP contribution >= 0.6 is 11.3 Å². The van der Waals surface area contributed by atoms with Crippen molar-refractivity contribution >= 4 is 69.7 Å². The normalized spacial score (nSPS) is 15.3. The van der Waals surface area contributed by atoms with Gasteiger partial charge in [0.2, 0.25) is 0 Å². The van der Waals surface area contributed by atoms with Crippen LogP contribution in [0.15, 0.2) is 133 Å². The number of hydrogen-bond acceptors (Lipinski definition) is 2. The number of benzene rings is 5. The third-order valence-electron chi connectivity index (χ3n) is 8.91. The average Bonchev–Trinajstić information content (AvgIpc) is 3.62. The highest BCUT2D eigenvalue weighted by molar-refractivity contribution is 7.27. The number of fused-ring (bicyclic) bond motifs is 10. The van der Waals surface area contributed by atoms with Gasteiger partial charge in [0.25, 0.3) is 0 Å². The van der Waals surface area contributed by atoms with Crippen molar-refractivity contribution in [3.63, 3.8) is 0 Å². The van der Waals surface area contributed by atoms with E-state index in [0.717, 1.165) is 17.9 Å². The molecule has 0 saturated heterocycles. The summed E-state index contributed by atoms with van der Waals surface area (Å²) in [6.07, 6.45) is 7.69. The molecule has 9 rings (SSSR count). The Hall–Kier alpha value is -4.99. The Kier molecular flexibility index (Phi) is 5.44. The molecule has 5 aromatic carbocycles. The fourth-order valence-electron chi connectivity index (χ4n) is 6.99. The molecule has 1 unspecified atom stereocenters. The third-order valence-corrected chi connectivity index (χ3v) is 10.1. The predicted molar refractivity (Wildman–Crippen MR) is 185 cm³/mol. The summed E-state index contributed by atoms with van der Waals surface area (Å²) in [4.78, 5) is 5.47. The first kappa shape index (κ1) is 24.6. The third kappa shape index (κ3) is 3.75. The molecular weight excluding hydrogens is 541 g/mol. The topological polar surface area (TPSA) is 17.8 Å².